The van der Waals surface area contributed by atoms with Gasteiger partial charge in [-0.25, -0.2) is 8.93 Å². The zero-order valence-corrected chi connectivity index (χ0v) is 7.28. The molecule has 0 aliphatic heterocycles. The van der Waals surface area contributed by atoms with Gasteiger partial charge in [0.2, 0.25) is 0 Å². The van der Waals surface area contributed by atoms with Crippen LogP contribution in [0.3, 0.4) is 0 Å². The molecule has 0 aliphatic carbocycles. The second-order valence-electron chi connectivity index (χ2n) is 2.19. The van der Waals surface area contributed by atoms with Crippen molar-refractivity contribution >= 4 is 11.0 Å². The summed E-state index contributed by atoms with van der Waals surface area (Å²) in [5.41, 5.74) is 0. The second kappa shape index (κ2) is 5.82. The lowest BCUT2D eigenvalue weighted by Gasteiger charge is -2.12. The first-order valence-electron chi connectivity index (χ1n) is 3.41. The van der Waals surface area contributed by atoms with Gasteiger partial charge in [-0.3, -0.25) is 0 Å². The molecule has 0 aromatic rings. The molecule has 0 amide bonds. The van der Waals surface area contributed by atoms with Gasteiger partial charge in [0.15, 0.2) is 0 Å². The Labute approximate surface area is 64.4 Å². The fourth-order valence-corrected chi connectivity index (χ4v) is 1.49. The Morgan fingerprint density at radius 2 is 2.30 bits per heavy atom. The molecule has 0 saturated heterocycles. The van der Waals surface area contributed by atoms with E-state index in [4.69, 9.17) is 5.11 Å². The third-order valence-corrected chi connectivity index (χ3v) is 1.97. The fourth-order valence-electron chi connectivity index (χ4n) is 0.737. The van der Waals surface area contributed by atoms with Crippen molar-refractivity contribution < 1.29 is 9.32 Å². The molecule has 10 heavy (non-hydrogen) atoms. The average Bonchev–Trinajstić information content (AvgIpc) is 1.86. The van der Waals surface area contributed by atoms with E-state index in [1.54, 1.807) is 6.26 Å². The monoisotopic (exact) mass is 165 g/mol. The molecule has 0 rings (SSSR count). The van der Waals surface area contributed by atoms with Crippen molar-refractivity contribution in [2.45, 2.75) is 25.8 Å². The van der Waals surface area contributed by atoms with E-state index in [1.165, 1.54) is 0 Å². The van der Waals surface area contributed by atoms with Crippen molar-refractivity contribution in [2.75, 3.05) is 12.9 Å². The van der Waals surface area contributed by atoms with Gasteiger partial charge in [-0.2, -0.15) is 0 Å². The first kappa shape index (κ1) is 10.1. The van der Waals surface area contributed by atoms with Gasteiger partial charge in [0.1, 0.15) is 0 Å². The molecular formula is C6H15NO2S. The van der Waals surface area contributed by atoms with E-state index in [0.717, 1.165) is 6.42 Å². The summed E-state index contributed by atoms with van der Waals surface area (Å²) in [6.45, 7) is 2.16. The van der Waals surface area contributed by atoms with Crippen LogP contribution in [0.1, 0.15) is 19.8 Å². The zero-order valence-electron chi connectivity index (χ0n) is 6.46. The molecular weight excluding hydrogens is 150 g/mol. The molecule has 0 spiro atoms. The topological polar surface area (TPSA) is 49.3 Å². The van der Waals surface area contributed by atoms with Crippen LogP contribution in [-0.4, -0.2) is 28.2 Å². The van der Waals surface area contributed by atoms with Crippen molar-refractivity contribution in [1.29, 1.82) is 0 Å². The van der Waals surface area contributed by atoms with Crippen LogP contribution < -0.4 is 4.72 Å². The van der Waals surface area contributed by atoms with Gasteiger partial charge in [0.25, 0.3) is 0 Å². The molecule has 2 N–H and O–H groups in total. The number of hydrogen-bond acceptors (Lipinski definition) is 2. The molecule has 2 atom stereocenters. The maximum Gasteiger partial charge on any atom is 0.0886 e. The van der Waals surface area contributed by atoms with Crippen LogP contribution in [0.4, 0.5) is 0 Å². The maximum atomic E-state index is 10.6. The minimum atomic E-state index is -0.958. The van der Waals surface area contributed by atoms with Gasteiger partial charge < -0.3 is 5.11 Å². The summed E-state index contributed by atoms with van der Waals surface area (Å²) >= 11 is 0. The van der Waals surface area contributed by atoms with Gasteiger partial charge in [-0.05, 0) is 12.8 Å². The molecule has 0 bridgehead atoms. The summed E-state index contributed by atoms with van der Waals surface area (Å²) in [6, 6.07) is 0.191. The highest BCUT2D eigenvalue weighted by atomic mass is 32.2. The minimum absolute atomic E-state index is 0.155. The van der Waals surface area contributed by atoms with E-state index in [9.17, 15) is 4.21 Å². The van der Waals surface area contributed by atoms with Crippen LogP contribution in [0.5, 0.6) is 0 Å². The first-order valence-corrected chi connectivity index (χ1v) is 4.97. The van der Waals surface area contributed by atoms with E-state index >= 15 is 0 Å². The lowest BCUT2D eigenvalue weighted by molar-refractivity contribution is 0.271. The highest BCUT2D eigenvalue weighted by molar-refractivity contribution is 7.82. The summed E-state index contributed by atoms with van der Waals surface area (Å²) < 4.78 is 13.4. The highest BCUT2D eigenvalue weighted by Gasteiger charge is 2.04. The molecule has 0 heterocycles. The van der Waals surface area contributed by atoms with E-state index in [-0.39, 0.29) is 12.6 Å². The molecule has 0 radical (unpaired) electrons. The van der Waals surface area contributed by atoms with Crippen LogP contribution in [0.25, 0.3) is 0 Å². The molecule has 62 valence electrons. The smallest absolute Gasteiger partial charge is 0.0886 e. The molecule has 0 aromatic heterocycles. The van der Waals surface area contributed by atoms with Crippen molar-refractivity contribution in [3.8, 4) is 0 Å². The second-order valence-corrected chi connectivity index (χ2v) is 3.33. The average molecular weight is 165 g/mol. The lowest BCUT2D eigenvalue weighted by atomic mass is 10.2. The zero-order chi connectivity index (χ0) is 7.98. The van der Waals surface area contributed by atoms with Gasteiger partial charge in [-0.1, -0.05) is 6.92 Å². The van der Waals surface area contributed by atoms with Crippen molar-refractivity contribution in [2.24, 2.45) is 0 Å². The Bertz CT molecular complexity index is 108. The molecule has 0 fully saturated rings. The number of nitrogens with one attached hydrogen (secondary N) is 1. The van der Waals surface area contributed by atoms with Crippen LogP contribution >= 0.6 is 0 Å². The van der Waals surface area contributed by atoms with Crippen molar-refractivity contribution in [3.63, 3.8) is 0 Å². The molecule has 3 nitrogen and oxygen atoms in total. The number of hydrogen-bond donors (Lipinski definition) is 2. The summed E-state index contributed by atoms with van der Waals surface area (Å²) in [5.74, 6) is 0. The van der Waals surface area contributed by atoms with Crippen molar-refractivity contribution in [3.05, 3.63) is 0 Å². The summed E-state index contributed by atoms with van der Waals surface area (Å²) in [7, 11) is -0.958. The minimum Gasteiger partial charge on any atom is -0.396 e. The third kappa shape index (κ3) is 4.90. The normalized spacial score (nSPS) is 16.7. The van der Waals surface area contributed by atoms with Gasteiger partial charge in [0.05, 0.1) is 11.0 Å². The predicted octanol–water partition coefficient (Wildman–Crippen LogP) is 0.0305. The van der Waals surface area contributed by atoms with E-state index in [0.29, 0.717) is 6.42 Å². The third-order valence-electron chi connectivity index (χ3n) is 1.30. The van der Waals surface area contributed by atoms with E-state index < -0.39 is 11.0 Å². The Morgan fingerprint density at radius 1 is 1.70 bits per heavy atom. The SMILES string of the molecule is CCC(CCO)NS(C)=O. The molecule has 0 aromatic carbocycles. The Kier molecular flexibility index (Phi) is 5.87. The number of rotatable bonds is 5. The first-order chi connectivity index (χ1) is 4.70. The van der Waals surface area contributed by atoms with E-state index in [1.807, 2.05) is 6.92 Å². The maximum absolute atomic E-state index is 10.6. The summed E-state index contributed by atoms with van der Waals surface area (Å²) in [4.78, 5) is 0. The molecule has 2 unspecified atom stereocenters. The quantitative estimate of drug-likeness (QED) is 0.604. The van der Waals surface area contributed by atoms with Crippen LogP contribution in [0.2, 0.25) is 0 Å². The Hall–Kier alpha value is 0.0700. The van der Waals surface area contributed by atoms with Crippen LogP contribution in [0, 0.1) is 0 Å². The van der Waals surface area contributed by atoms with Gasteiger partial charge in [0, 0.05) is 18.9 Å². The molecule has 0 aliphatic rings. The van der Waals surface area contributed by atoms with Gasteiger partial charge >= 0.3 is 0 Å². The van der Waals surface area contributed by atoms with Crippen LogP contribution in [0.15, 0.2) is 0 Å². The fraction of sp³-hybridized carbons (Fsp3) is 1.00. The Balaban J connectivity index is 3.49. The molecule has 4 heteroatoms. The van der Waals surface area contributed by atoms with E-state index in [2.05, 4.69) is 4.72 Å². The largest absolute Gasteiger partial charge is 0.396 e. The van der Waals surface area contributed by atoms with Crippen molar-refractivity contribution in [1.82, 2.24) is 4.72 Å². The van der Waals surface area contributed by atoms with Crippen LogP contribution in [-0.2, 0) is 11.0 Å². The summed E-state index contributed by atoms with van der Waals surface area (Å²) in [5, 5.41) is 8.54. The summed E-state index contributed by atoms with van der Waals surface area (Å²) in [6.07, 6.45) is 3.18. The van der Waals surface area contributed by atoms with Gasteiger partial charge in [-0.15, -0.1) is 0 Å². The predicted molar refractivity (Wildman–Crippen MR) is 43.0 cm³/mol. The lowest BCUT2D eigenvalue weighted by Crippen LogP contribution is -2.30. The Morgan fingerprint density at radius 3 is 2.60 bits per heavy atom. The number of aliphatic hydroxyl groups is 1. The standard InChI is InChI=1S/C6H15NO2S/c1-3-6(4-5-8)7-10(2)9/h6-8H,3-5H2,1-2H3. The number of aliphatic hydroxyl groups excluding tert-OH is 1. The highest BCUT2D eigenvalue weighted by Crippen LogP contribution is 1.95. The molecule has 0 saturated carbocycles.